The quantitative estimate of drug-likeness (QED) is 0.0284. The van der Waals surface area contributed by atoms with Gasteiger partial charge in [0.1, 0.15) is 67.1 Å². The highest BCUT2D eigenvalue weighted by Gasteiger charge is 2.53. The molecule has 6 heterocycles. The Bertz CT molecular complexity index is 2070. The van der Waals surface area contributed by atoms with Gasteiger partial charge in [-0.25, -0.2) is 0 Å². The van der Waals surface area contributed by atoms with Gasteiger partial charge in [0.05, 0.1) is 204 Å². The topological polar surface area (TPSA) is 534 Å². The molecule has 93 heavy (non-hydrogen) atoms. The molecule has 19 unspecified atom stereocenters. The first-order valence-electron chi connectivity index (χ1n) is 32.2. The van der Waals surface area contributed by atoms with E-state index in [9.17, 15) is 102 Å². The van der Waals surface area contributed by atoms with Crippen LogP contribution in [0, 0.1) is 53.3 Å². The summed E-state index contributed by atoms with van der Waals surface area (Å²) in [5.74, 6) is -7.86. The fourth-order valence-electron chi connectivity index (χ4n) is 14.2. The van der Waals surface area contributed by atoms with Crippen molar-refractivity contribution < 1.29 is 168 Å². The highest BCUT2D eigenvalue weighted by molar-refractivity contribution is 4.99. The molecule has 34 nitrogen and oxygen atoms in total. The Morgan fingerprint density at radius 3 is 0.935 bits per heavy atom. The van der Waals surface area contributed by atoms with E-state index in [1.807, 2.05) is 0 Å². The highest BCUT2D eigenvalue weighted by atomic mass is 16.7. The summed E-state index contributed by atoms with van der Waals surface area (Å²) in [6, 6.07) is 0. The van der Waals surface area contributed by atoms with Crippen molar-refractivity contribution in [2.24, 2.45) is 53.3 Å². The van der Waals surface area contributed by atoms with Gasteiger partial charge < -0.3 is 168 Å². The minimum atomic E-state index is -1.83. The van der Waals surface area contributed by atoms with Gasteiger partial charge in [-0.05, 0) is 18.8 Å². The third kappa shape index (κ3) is 19.0. The first kappa shape index (κ1) is 79.0. The molecule has 1 aliphatic carbocycles. The van der Waals surface area contributed by atoms with Gasteiger partial charge in [0.15, 0.2) is 6.29 Å². The van der Waals surface area contributed by atoms with Crippen molar-refractivity contribution in [2.75, 3.05) is 140 Å². The van der Waals surface area contributed by atoms with E-state index >= 15 is 0 Å². The van der Waals surface area contributed by atoms with Gasteiger partial charge >= 0.3 is 0 Å². The molecule has 0 spiro atoms. The third-order valence-corrected chi connectivity index (χ3v) is 20.1. The second kappa shape index (κ2) is 37.9. The smallest absolute Gasteiger partial charge is 0.186 e. The Balaban J connectivity index is 0.973. The predicted molar refractivity (Wildman–Crippen MR) is 309 cm³/mol. The molecular weight excluding hydrogens is 1250 g/mol. The van der Waals surface area contributed by atoms with E-state index < -0.39 is 278 Å². The predicted octanol–water partition coefficient (Wildman–Crippen LogP) is -10.7. The van der Waals surface area contributed by atoms with E-state index in [1.165, 1.54) is 14.2 Å². The van der Waals surface area contributed by atoms with E-state index in [1.54, 1.807) is 6.92 Å². The Morgan fingerprint density at radius 2 is 0.559 bits per heavy atom. The first-order chi connectivity index (χ1) is 44.6. The Morgan fingerprint density at radius 1 is 0.258 bits per heavy atom. The van der Waals surface area contributed by atoms with Gasteiger partial charge in [-0.2, -0.15) is 0 Å². The van der Waals surface area contributed by atoms with E-state index in [2.05, 4.69) is 0 Å². The summed E-state index contributed by atoms with van der Waals surface area (Å²) in [6.07, 6.45) is -34.5. The van der Waals surface area contributed by atoms with E-state index in [0.717, 1.165) is 0 Å². The van der Waals surface area contributed by atoms with Crippen LogP contribution in [0.15, 0.2) is 0 Å². The molecule has 0 aromatic carbocycles. The number of aliphatic hydroxyl groups is 20. The van der Waals surface area contributed by atoms with E-state index in [4.69, 9.17) is 66.3 Å². The molecule has 546 valence electrons. The van der Waals surface area contributed by atoms with E-state index in [0.29, 0.717) is 6.42 Å². The lowest BCUT2D eigenvalue weighted by Gasteiger charge is -2.46. The molecule has 0 bridgehead atoms. The van der Waals surface area contributed by atoms with Crippen molar-refractivity contribution in [1.29, 1.82) is 0 Å². The maximum Gasteiger partial charge on any atom is 0.186 e. The summed E-state index contributed by atoms with van der Waals surface area (Å²) < 4.78 is 81.1. The lowest BCUT2D eigenvalue weighted by atomic mass is 9.71. The van der Waals surface area contributed by atoms with Crippen molar-refractivity contribution in [3.8, 4) is 0 Å². The molecule has 34 heteroatoms. The molecule has 6 aliphatic heterocycles. The molecule has 7 aliphatic rings. The average molecular weight is 1360 g/mol. The fourth-order valence-corrected chi connectivity index (χ4v) is 14.2. The third-order valence-electron chi connectivity index (χ3n) is 20.1. The second-order valence-corrected chi connectivity index (χ2v) is 25.8. The first-order valence-corrected chi connectivity index (χ1v) is 32.2. The zero-order valence-electron chi connectivity index (χ0n) is 52.7. The lowest BCUT2D eigenvalue weighted by molar-refractivity contribution is -0.310. The van der Waals surface area contributed by atoms with Crippen LogP contribution >= 0.6 is 0 Å². The van der Waals surface area contributed by atoms with Crippen LogP contribution in [-0.2, 0) is 66.3 Å². The van der Waals surface area contributed by atoms with Crippen LogP contribution in [0.1, 0.15) is 19.8 Å². The fraction of sp³-hybridized carbons (Fsp3) is 1.00. The van der Waals surface area contributed by atoms with Crippen LogP contribution in [0.25, 0.3) is 0 Å². The van der Waals surface area contributed by atoms with E-state index in [-0.39, 0.29) is 65.9 Å². The number of ether oxygens (including phenoxy) is 14. The number of rotatable bonds is 34. The Kier molecular flexibility index (Phi) is 32.2. The summed E-state index contributed by atoms with van der Waals surface area (Å²) >= 11 is 0. The molecule has 6 saturated heterocycles. The highest BCUT2D eigenvalue weighted by Crippen LogP contribution is 2.38. The largest absolute Gasteiger partial charge is 0.396 e. The zero-order valence-corrected chi connectivity index (χ0v) is 52.7. The van der Waals surface area contributed by atoms with Gasteiger partial charge in [-0.3, -0.25) is 0 Å². The average Bonchev–Trinajstić information content (AvgIpc) is 1.12. The molecule has 35 atom stereocenters. The standard InChI is InChI=1S/C59H106O34/c1-4-27-34(7-61)88-41(54(75)46(27)67)20-84-16-31-37(10-64)91-43(56(77)50(31)71)22-86-18-33-39(24-87-59-58(79)52(73)32(38(11-65)93-59)17-85-21-42-55(76)48(69)29(13-80-2)35(8-62)90-42)92-44(57(78)51(33)72)23-83-14-28-25(6-60)5-26(45(66)47(28)68)12-82-15-30-36(9-63)89-40(19-81-3)53(74)49(30)70/h25-79H,4-24H2,1-3H3/t25?,26-,27-,28-,29-,30-,31-,32-,33-,34?,35?,36?,37?,38?,39?,40-,41-,42-,43-,44-,45?,46?,47?,48?,49?,50?,51+,52+,53?,54?,55?,56?,57?,58?,59+/m1/s1. The second-order valence-electron chi connectivity index (χ2n) is 25.8. The van der Waals surface area contributed by atoms with Gasteiger partial charge in [-0.1, -0.05) is 6.92 Å². The lowest BCUT2D eigenvalue weighted by Crippen LogP contribution is -2.61. The van der Waals surface area contributed by atoms with Crippen molar-refractivity contribution in [3.63, 3.8) is 0 Å². The summed E-state index contributed by atoms with van der Waals surface area (Å²) in [6.45, 7) is -5.64. The number of hydrogen-bond donors (Lipinski definition) is 20. The summed E-state index contributed by atoms with van der Waals surface area (Å²) in [7, 11) is 2.77. The molecule has 20 N–H and O–H groups in total. The zero-order chi connectivity index (χ0) is 68.0. The molecule has 0 amide bonds. The minimum absolute atomic E-state index is 0.0217. The minimum Gasteiger partial charge on any atom is -0.396 e. The van der Waals surface area contributed by atoms with Gasteiger partial charge in [0.2, 0.25) is 0 Å². The molecule has 7 rings (SSSR count). The van der Waals surface area contributed by atoms with Gasteiger partial charge in [-0.15, -0.1) is 0 Å². The van der Waals surface area contributed by atoms with Crippen molar-refractivity contribution in [3.05, 3.63) is 0 Å². The van der Waals surface area contributed by atoms with Crippen molar-refractivity contribution in [2.45, 2.75) is 179 Å². The molecule has 7 fully saturated rings. The summed E-state index contributed by atoms with van der Waals surface area (Å²) in [4.78, 5) is 0. The number of hydrogen-bond acceptors (Lipinski definition) is 34. The summed E-state index contributed by atoms with van der Waals surface area (Å²) in [5.41, 5.74) is 0. The van der Waals surface area contributed by atoms with Crippen LogP contribution in [-0.4, -0.2) is 401 Å². The maximum atomic E-state index is 11.9. The van der Waals surface area contributed by atoms with Crippen LogP contribution < -0.4 is 0 Å². The van der Waals surface area contributed by atoms with Crippen molar-refractivity contribution in [1.82, 2.24) is 0 Å². The molecule has 0 aromatic rings. The molecular formula is C59H106O34. The normalized spacial score (nSPS) is 46.8. The van der Waals surface area contributed by atoms with Crippen LogP contribution in [0.4, 0.5) is 0 Å². The number of aliphatic hydroxyl groups excluding tert-OH is 20. The molecule has 1 saturated carbocycles. The van der Waals surface area contributed by atoms with Crippen LogP contribution in [0.2, 0.25) is 0 Å². The molecule has 0 aromatic heterocycles. The maximum absolute atomic E-state index is 11.9. The van der Waals surface area contributed by atoms with Crippen LogP contribution in [0.3, 0.4) is 0 Å². The van der Waals surface area contributed by atoms with Gasteiger partial charge in [0.25, 0.3) is 0 Å². The number of methoxy groups -OCH3 is 2. The molecule has 0 radical (unpaired) electrons. The Labute approximate surface area is 538 Å². The Hall–Kier alpha value is -1.36. The summed E-state index contributed by atoms with van der Waals surface area (Å²) in [5, 5.41) is 217. The monoisotopic (exact) mass is 1360 g/mol. The van der Waals surface area contributed by atoms with Crippen molar-refractivity contribution >= 4 is 0 Å². The SMILES string of the molecule is CC[C@@H]1C(CO)O[C@H](COC[C@@H]2C(CO)O[C@H](COC[C@@H]3C(CO[C@H]4OC(CO)[C@@H](COC[C@H]5OC(CO)[C@@H](COC)C(O)C5O)[C@H](O)C4O)O[C@H](COC[C@@H]4C(CO)C[C@H](COC[C@@H]5C(CO)O[C@H](COC)C(O)C5O)C(O)C4O)C(O)[C@H]3O)C(O)C2O)C(O)C1O. The van der Waals surface area contributed by atoms with Crippen LogP contribution in [0.5, 0.6) is 0 Å². The van der Waals surface area contributed by atoms with Gasteiger partial charge in [0, 0.05) is 68.2 Å².